The van der Waals surface area contributed by atoms with Crippen LogP contribution in [0, 0.1) is 17.8 Å². The Bertz CT molecular complexity index is 816. The molecule has 34 heavy (non-hydrogen) atoms. The second-order valence-corrected chi connectivity index (χ2v) is 10.1. The van der Waals surface area contributed by atoms with Gasteiger partial charge in [-0.1, -0.05) is 44.2 Å². The highest BCUT2D eigenvalue weighted by Crippen LogP contribution is 2.31. The average molecular weight is 474 g/mol. The summed E-state index contributed by atoms with van der Waals surface area (Å²) in [6.45, 7) is 4.31. The lowest BCUT2D eigenvalue weighted by Gasteiger charge is -2.26. The van der Waals surface area contributed by atoms with Gasteiger partial charge in [-0.3, -0.25) is 9.59 Å². The van der Waals surface area contributed by atoms with Gasteiger partial charge in [0.25, 0.3) is 0 Å². The average Bonchev–Trinajstić information content (AvgIpc) is 3.41. The van der Waals surface area contributed by atoms with Crippen molar-refractivity contribution in [1.82, 2.24) is 16.0 Å². The highest BCUT2D eigenvalue weighted by atomic mass is 16.6. The molecule has 5 atom stereocenters. The van der Waals surface area contributed by atoms with Crippen LogP contribution >= 0.6 is 0 Å². The molecule has 2 aliphatic rings. The molecule has 1 aliphatic carbocycles. The zero-order chi connectivity index (χ0) is 24.5. The Hall–Kier alpha value is -2.61. The highest BCUT2D eigenvalue weighted by Gasteiger charge is 2.33. The number of alkyl carbamates (subject to hydrolysis) is 1. The van der Waals surface area contributed by atoms with Gasteiger partial charge in [0.05, 0.1) is 12.6 Å². The van der Waals surface area contributed by atoms with Gasteiger partial charge in [-0.2, -0.15) is 0 Å². The third kappa shape index (κ3) is 7.72. The van der Waals surface area contributed by atoms with Gasteiger partial charge in [-0.05, 0) is 56.4 Å². The molecular formula is C26H39N3O5. The number of ether oxygens (including phenoxy) is 1. The number of benzene rings is 1. The van der Waals surface area contributed by atoms with Crippen molar-refractivity contribution in [2.24, 2.45) is 17.8 Å². The summed E-state index contributed by atoms with van der Waals surface area (Å²) in [4.78, 5) is 37.6. The largest absolute Gasteiger partial charge is 0.446 e. The van der Waals surface area contributed by atoms with Crippen LogP contribution in [0.3, 0.4) is 0 Å². The minimum Gasteiger partial charge on any atom is -0.446 e. The van der Waals surface area contributed by atoms with Gasteiger partial charge < -0.3 is 25.8 Å². The number of hydrogen-bond acceptors (Lipinski definition) is 5. The number of aliphatic hydroxyl groups is 1. The highest BCUT2D eigenvalue weighted by molar-refractivity contribution is 5.86. The first-order chi connectivity index (χ1) is 16.4. The van der Waals surface area contributed by atoms with E-state index in [9.17, 15) is 19.5 Å². The number of nitrogens with one attached hydrogen (secondary N) is 3. The summed E-state index contributed by atoms with van der Waals surface area (Å²) in [5.41, 5.74) is 1.23. The first-order valence-corrected chi connectivity index (χ1v) is 12.6. The fourth-order valence-corrected chi connectivity index (χ4v) is 5.02. The summed E-state index contributed by atoms with van der Waals surface area (Å²) in [6, 6.07) is 8.88. The number of carbonyl (C=O) groups excluding carboxylic acids is 3. The van der Waals surface area contributed by atoms with E-state index in [-0.39, 0.29) is 42.3 Å². The van der Waals surface area contributed by atoms with E-state index in [2.05, 4.69) is 28.1 Å². The second-order valence-electron chi connectivity index (χ2n) is 10.1. The second kappa shape index (κ2) is 12.7. The van der Waals surface area contributed by atoms with E-state index in [1.807, 2.05) is 32.0 Å². The maximum atomic E-state index is 13.0. The number of carbonyl (C=O) groups is 3. The molecule has 1 saturated carbocycles. The summed E-state index contributed by atoms with van der Waals surface area (Å²) in [5, 5.41) is 18.1. The predicted molar refractivity (Wildman–Crippen MR) is 129 cm³/mol. The predicted octanol–water partition coefficient (Wildman–Crippen LogP) is 2.54. The smallest absolute Gasteiger partial charge is 0.408 e. The lowest BCUT2D eigenvalue weighted by atomic mass is 9.96. The van der Waals surface area contributed by atoms with Crippen LogP contribution in [0.5, 0.6) is 0 Å². The van der Waals surface area contributed by atoms with E-state index < -0.39 is 18.2 Å². The molecule has 3 rings (SSSR count). The third-order valence-corrected chi connectivity index (χ3v) is 6.80. The van der Waals surface area contributed by atoms with Crippen LogP contribution in [-0.2, 0) is 20.7 Å². The molecule has 1 aromatic carbocycles. The number of rotatable bonds is 11. The fraction of sp³-hybridized carbons (Fsp3) is 0.654. The lowest BCUT2D eigenvalue weighted by molar-refractivity contribution is -0.126. The molecule has 0 radical (unpaired) electrons. The summed E-state index contributed by atoms with van der Waals surface area (Å²) in [7, 11) is 0. The van der Waals surface area contributed by atoms with Crippen molar-refractivity contribution in [1.29, 1.82) is 0 Å². The Morgan fingerprint density at radius 1 is 1.15 bits per heavy atom. The Morgan fingerprint density at radius 2 is 1.91 bits per heavy atom. The number of hydrogen-bond donors (Lipinski definition) is 4. The van der Waals surface area contributed by atoms with E-state index in [4.69, 9.17) is 4.74 Å². The summed E-state index contributed by atoms with van der Waals surface area (Å²) in [5.74, 6) is -0.198. The molecule has 1 aliphatic heterocycles. The first kappa shape index (κ1) is 26.0. The van der Waals surface area contributed by atoms with Gasteiger partial charge in [0, 0.05) is 18.4 Å². The molecule has 4 N–H and O–H groups in total. The molecule has 1 heterocycles. The molecule has 8 heteroatoms. The van der Waals surface area contributed by atoms with Gasteiger partial charge in [-0.25, -0.2) is 4.79 Å². The first-order valence-electron chi connectivity index (χ1n) is 12.6. The monoisotopic (exact) mass is 473 g/mol. The molecule has 1 saturated heterocycles. The van der Waals surface area contributed by atoms with Crippen LogP contribution in [0.25, 0.3) is 0 Å². The van der Waals surface area contributed by atoms with Crippen molar-refractivity contribution < 1.29 is 24.2 Å². The van der Waals surface area contributed by atoms with Gasteiger partial charge in [0.15, 0.2) is 0 Å². The van der Waals surface area contributed by atoms with E-state index in [1.165, 1.54) is 5.56 Å². The summed E-state index contributed by atoms with van der Waals surface area (Å²) >= 11 is 0. The van der Waals surface area contributed by atoms with Crippen molar-refractivity contribution >= 4 is 17.9 Å². The lowest BCUT2D eigenvalue weighted by Crippen LogP contribution is -2.52. The van der Waals surface area contributed by atoms with Crippen molar-refractivity contribution in [2.75, 3.05) is 13.2 Å². The molecule has 3 amide bonds. The quantitative estimate of drug-likeness (QED) is 0.394. The van der Waals surface area contributed by atoms with Crippen LogP contribution in [0.4, 0.5) is 4.79 Å². The zero-order valence-corrected chi connectivity index (χ0v) is 20.3. The molecular weight excluding hydrogens is 434 g/mol. The van der Waals surface area contributed by atoms with E-state index in [1.54, 1.807) is 0 Å². The molecule has 8 nitrogen and oxygen atoms in total. The van der Waals surface area contributed by atoms with E-state index in [0.717, 1.165) is 25.7 Å². The van der Waals surface area contributed by atoms with E-state index >= 15 is 0 Å². The SMILES string of the molecule is CC(C)CC(NC(=O)OC1CCCC1Cc1ccccc1)C(=O)NC(CO)C[C@@H]1CCNC1=O. The van der Waals surface area contributed by atoms with Crippen molar-refractivity contribution in [2.45, 2.75) is 77.0 Å². The Labute approximate surface area is 202 Å². The summed E-state index contributed by atoms with van der Waals surface area (Å²) < 4.78 is 5.78. The van der Waals surface area contributed by atoms with Crippen LogP contribution in [-0.4, -0.2) is 54.4 Å². The van der Waals surface area contributed by atoms with Crippen LogP contribution in [0.15, 0.2) is 30.3 Å². The van der Waals surface area contributed by atoms with Crippen molar-refractivity contribution in [3.8, 4) is 0 Å². The third-order valence-electron chi connectivity index (χ3n) is 6.80. The maximum absolute atomic E-state index is 13.0. The van der Waals surface area contributed by atoms with Crippen LogP contribution in [0.2, 0.25) is 0 Å². The maximum Gasteiger partial charge on any atom is 0.408 e. The van der Waals surface area contributed by atoms with Gasteiger partial charge in [-0.15, -0.1) is 0 Å². The standard InChI is InChI=1S/C26H39N3O5/c1-17(2)13-22(25(32)28-21(16-30)15-20-11-12-27-24(20)31)29-26(33)34-23-10-6-9-19(23)14-18-7-4-3-5-8-18/h3-5,7-8,17,19-23,30H,6,9-16H2,1-2H3,(H,27,31)(H,28,32)(H,29,33)/t19?,20-,21?,22?,23?/m0/s1. The Kier molecular flexibility index (Phi) is 9.74. The van der Waals surface area contributed by atoms with E-state index in [0.29, 0.717) is 25.8 Å². The minimum absolute atomic E-state index is 0.0465. The molecule has 0 bridgehead atoms. The minimum atomic E-state index is -0.770. The number of aliphatic hydroxyl groups excluding tert-OH is 1. The molecule has 2 fully saturated rings. The number of amides is 3. The summed E-state index contributed by atoms with van der Waals surface area (Å²) in [6.07, 6.45) is 4.46. The fourth-order valence-electron chi connectivity index (χ4n) is 5.02. The molecule has 0 aromatic heterocycles. The Morgan fingerprint density at radius 3 is 2.56 bits per heavy atom. The Balaban J connectivity index is 1.54. The van der Waals surface area contributed by atoms with Crippen LogP contribution < -0.4 is 16.0 Å². The zero-order valence-electron chi connectivity index (χ0n) is 20.3. The van der Waals surface area contributed by atoms with Crippen molar-refractivity contribution in [3.05, 3.63) is 35.9 Å². The van der Waals surface area contributed by atoms with Crippen molar-refractivity contribution in [3.63, 3.8) is 0 Å². The molecule has 1 aromatic rings. The molecule has 188 valence electrons. The van der Waals surface area contributed by atoms with Crippen LogP contribution in [0.1, 0.15) is 57.9 Å². The normalized spacial score (nSPS) is 23.9. The molecule has 0 spiro atoms. The van der Waals surface area contributed by atoms with Gasteiger partial charge in [0.1, 0.15) is 12.1 Å². The topological polar surface area (TPSA) is 117 Å². The van der Waals surface area contributed by atoms with Gasteiger partial charge >= 0.3 is 6.09 Å². The van der Waals surface area contributed by atoms with Gasteiger partial charge in [0.2, 0.25) is 11.8 Å². The molecule has 4 unspecified atom stereocenters.